The highest BCUT2D eigenvalue weighted by Crippen LogP contribution is 2.31. The zero-order chi connectivity index (χ0) is 15.3. The lowest BCUT2D eigenvalue weighted by molar-refractivity contribution is 0.797. The highest BCUT2D eigenvalue weighted by Gasteiger charge is 2.19. The third-order valence-electron chi connectivity index (χ3n) is 3.94. The Hall–Kier alpha value is -2.76. The zero-order valence-corrected chi connectivity index (χ0v) is 12.4. The van der Waals surface area contributed by atoms with Crippen molar-refractivity contribution in [1.29, 1.82) is 0 Å². The largest absolute Gasteiger partial charge is 0.278 e. The summed E-state index contributed by atoms with van der Waals surface area (Å²) in [6.07, 6.45) is 4.20. The van der Waals surface area contributed by atoms with Crippen molar-refractivity contribution in [2.24, 2.45) is 4.99 Å². The van der Waals surface area contributed by atoms with Crippen LogP contribution in [0, 0.1) is 0 Å². The van der Waals surface area contributed by atoms with Gasteiger partial charge in [-0.3, -0.25) is 14.9 Å². The minimum atomic E-state index is -0.0933. The van der Waals surface area contributed by atoms with Gasteiger partial charge in [-0.05, 0) is 23.6 Å². The van der Waals surface area contributed by atoms with Gasteiger partial charge in [-0.1, -0.05) is 19.9 Å². The molecule has 0 fully saturated rings. The topological polar surface area (TPSA) is 75.4 Å². The molecule has 0 unspecified atom stereocenters. The lowest BCUT2D eigenvalue weighted by Crippen LogP contribution is -2.22. The number of aliphatic imine (C=N–C) groups is 1. The highest BCUT2D eigenvalue weighted by atomic mass is 16.1. The van der Waals surface area contributed by atoms with Gasteiger partial charge in [0.05, 0.1) is 11.4 Å². The van der Waals surface area contributed by atoms with Gasteiger partial charge in [0, 0.05) is 23.8 Å². The van der Waals surface area contributed by atoms with E-state index in [1.165, 1.54) is 10.8 Å². The summed E-state index contributed by atoms with van der Waals surface area (Å²) in [7, 11) is 0. The highest BCUT2D eigenvalue weighted by molar-refractivity contribution is 5.79. The molecule has 0 saturated heterocycles. The van der Waals surface area contributed by atoms with Gasteiger partial charge >= 0.3 is 0 Å². The molecule has 0 atom stereocenters. The number of nitrogens with zero attached hydrogens (tertiary/aromatic N) is 4. The second-order valence-electron chi connectivity index (χ2n) is 5.72. The molecule has 0 spiro atoms. The Morgan fingerprint density at radius 1 is 1.32 bits per heavy atom. The van der Waals surface area contributed by atoms with Gasteiger partial charge in [0.15, 0.2) is 0 Å². The molecule has 1 aliphatic rings. The van der Waals surface area contributed by atoms with Crippen molar-refractivity contribution in [3.63, 3.8) is 0 Å². The summed E-state index contributed by atoms with van der Waals surface area (Å²) < 4.78 is 1.38. The molecule has 110 valence electrons. The summed E-state index contributed by atoms with van der Waals surface area (Å²) in [6.45, 7) is 4.00. The van der Waals surface area contributed by atoms with Crippen LogP contribution in [0.1, 0.15) is 30.9 Å². The first-order valence-corrected chi connectivity index (χ1v) is 7.27. The van der Waals surface area contributed by atoms with Gasteiger partial charge in [-0.15, -0.1) is 0 Å². The van der Waals surface area contributed by atoms with E-state index in [-0.39, 0.29) is 11.5 Å². The first-order chi connectivity index (χ1) is 10.6. The maximum Gasteiger partial charge on any atom is 0.278 e. The average Bonchev–Trinajstić information content (AvgIpc) is 3.14. The Morgan fingerprint density at radius 2 is 2.18 bits per heavy atom. The second kappa shape index (κ2) is 4.62. The third kappa shape index (κ3) is 1.80. The van der Waals surface area contributed by atoms with Gasteiger partial charge in [0.1, 0.15) is 6.33 Å². The summed E-state index contributed by atoms with van der Waals surface area (Å²) in [5.41, 5.74) is 4.41. The smallest absolute Gasteiger partial charge is 0.278 e. The lowest BCUT2D eigenvalue weighted by atomic mass is 9.96. The molecule has 1 aromatic carbocycles. The fourth-order valence-corrected chi connectivity index (χ4v) is 2.88. The van der Waals surface area contributed by atoms with E-state index in [0.717, 1.165) is 23.2 Å². The molecule has 6 nitrogen and oxygen atoms in total. The van der Waals surface area contributed by atoms with Gasteiger partial charge in [0.2, 0.25) is 0 Å². The molecule has 22 heavy (non-hydrogen) atoms. The van der Waals surface area contributed by atoms with Crippen LogP contribution in [0.15, 0.2) is 34.3 Å². The van der Waals surface area contributed by atoms with Gasteiger partial charge < -0.3 is 0 Å². The quantitative estimate of drug-likeness (QED) is 0.788. The summed E-state index contributed by atoms with van der Waals surface area (Å²) in [4.78, 5) is 25.7. The van der Waals surface area contributed by atoms with Crippen LogP contribution in [0.5, 0.6) is 0 Å². The molecule has 3 heterocycles. The molecule has 0 amide bonds. The fraction of sp³-hybridized carbons (Fsp3) is 0.250. The van der Waals surface area contributed by atoms with Crippen molar-refractivity contribution in [2.45, 2.75) is 26.2 Å². The number of nitrogens with one attached hydrogen (secondary N) is 1. The zero-order valence-electron chi connectivity index (χ0n) is 12.4. The van der Waals surface area contributed by atoms with Crippen molar-refractivity contribution >= 4 is 17.7 Å². The molecule has 2 aromatic heterocycles. The Morgan fingerprint density at radius 3 is 3.00 bits per heavy atom. The minimum absolute atomic E-state index is 0.0692. The van der Waals surface area contributed by atoms with E-state index in [9.17, 15) is 4.79 Å². The molecule has 6 heteroatoms. The second-order valence-corrected chi connectivity index (χ2v) is 5.72. The predicted octanol–water partition coefficient (Wildman–Crippen LogP) is 2.47. The summed E-state index contributed by atoms with van der Waals surface area (Å²) >= 11 is 0. The van der Waals surface area contributed by atoms with E-state index >= 15 is 0 Å². The van der Waals surface area contributed by atoms with Crippen LogP contribution in [0.25, 0.3) is 17.0 Å². The van der Waals surface area contributed by atoms with Crippen LogP contribution in [-0.2, 0) is 6.42 Å². The number of rotatable bonds is 2. The lowest BCUT2D eigenvalue weighted by Gasteiger charge is -2.12. The number of fused-ring (bicyclic) bond motifs is 2. The summed E-state index contributed by atoms with van der Waals surface area (Å²) in [5.74, 6) is 0.459. The molecular formula is C16H15N5O. The average molecular weight is 293 g/mol. The SMILES string of the molecule is CC(C)c1c(-c2ccc3c(c2)CC=N3)nc2nc[nH]n2c1=O. The maximum atomic E-state index is 12.7. The normalized spacial score (nSPS) is 13.2. The molecule has 4 rings (SSSR count). The van der Waals surface area contributed by atoms with E-state index in [0.29, 0.717) is 17.0 Å². The van der Waals surface area contributed by atoms with Crippen LogP contribution in [-0.4, -0.2) is 25.8 Å². The number of hydrogen-bond donors (Lipinski definition) is 1. The van der Waals surface area contributed by atoms with Crippen molar-refractivity contribution in [1.82, 2.24) is 19.6 Å². The number of hydrogen-bond acceptors (Lipinski definition) is 4. The molecule has 0 radical (unpaired) electrons. The van der Waals surface area contributed by atoms with Crippen molar-refractivity contribution in [2.75, 3.05) is 0 Å². The Bertz CT molecular complexity index is 964. The van der Waals surface area contributed by atoms with Crippen LogP contribution in [0.2, 0.25) is 0 Å². The van der Waals surface area contributed by atoms with Gasteiger partial charge in [-0.2, -0.15) is 4.52 Å². The van der Waals surface area contributed by atoms with Crippen LogP contribution < -0.4 is 5.56 Å². The molecule has 1 N–H and O–H groups in total. The van der Waals surface area contributed by atoms with E-state index in [4.69, 9.17) is 0 Å². The van der Waals surface area contributed by atoms with Gasteiger partial charge in [-0.25, -0.2) is 9.97 Å². The monoisotopic (exact) mass is 293 g/mol. The maximum absolute atomic E-state index is 12.7. The van der Waals surface area contributed by atoms with Crippen molar-refractivity contribution in [3.8, 4) is 11.3 Å². The minimum Gasteiger partial charge on any atom is -0.278 e. The van der Waals surface area contributed by atoms with E-state index in [1.807, 2.05) is 32.2 Å². The van der Waals surface area contributed by atoms with Crippen LogP contribution in [0.4, 0.5) is 5.69 Å². The first-order valence-electron chi connectivity index (χ1n) is 7.27. The predicted molar refractivity (Wildman–Crippen MR) is 85.0 cm³/mol. The van der Waals surface area contributed by atoms with Crippen LogP contribution in [0.3, 0.4) is 0 Å². The number of H-pyrrole nitrogens is 1. The third-order valence-corrected chi connectivity index (χ3v) is 3.94. The number of aromatic amines is 1. The molecule has 0 bridgehead atoms. The van der Waals surface area contributed by atoms with Gasteiger partial charge in [0.25, 0.3) is 11.3 Å². The number of benzene rings is 1. The van der Waals surface area contributed by atoms with Crippen LogP contribution >= 0.6 is 0 Å². The Kier molecular flexibility index (Phi) is 2.72. The van der Waals surface area contributed by atoms with E-state index in [1.54, 1.807) is 0 Å². The molecule has 1 aliphatic heterocycles. The molecule has 0 saturated carbocycles. The standard InChI is InChI=1S/C16H15N5O/c1-9(2)13-14(20-16-18-8-19-21(16)15(13)22)11-3-4-12-10(7-11)5-6-17-12/h3-4,6-9H,5H2,1-2H3,(H,18,19,20). The van der Waals surface area contributed by atoms with E-state index < -0.39 is 0 Å². The number of aromatic nitrogens is 4. The summed E-state index contributed by atoms with van der Waals surface area (Å²) in [5, 5.41) is 2.81. The molecule has 0 aliphatic carbocycles. The van der Waals surface area contributed by atoms with Crippen molar-refractivity contribution < 1.29 is 0 Å². The first kappa shape index (κ1) is 12.9. The molecular weight excluding hydrogens is 278 g/mol. The Labute approximate surface area is 126 Å². The molecule has 3 aromatic rings. The summed E-state index contributed by atoms with van der Waals surface area (Å²) in [6, 6.07) is 6.02. The van der Waals surface area contributed by atoms with E-state index in [2.05, 4.69) is 26.1 Å². The van der Waals surface area contributed by atoms with Crippen molar-refractivity contribution in [3.05, 3.63) is 46.0 Å². The fourth-order valence-electron chi connectivity index (χ4n) is 2.88. The Balaban J connectivity index is 2.01.